The van der Waals surface area contributed by atoms with E-state index in [1.807, 2.05) is 11.6 Å². The van der Waals surface area contributed by atoms with Gasteiger partial charge in [-0.2, -0.15) is 0 Å². The third-order valence-corrected chi connectivity index (χ3v) is 5.95. The van der Waals surface area contributed by atoms with Gasteiger partial charge in [-0.05, 0) is 0 Å². The molecule has 0 heterocycles. The van der Waals surface area contributed by atoms with Crippen molar-refractivity contribution in [2.75, 3.05) is 0 Å². The van der Waals surface area contributed by atoms with Gasteiger partial charge in [-0.25, -0.2) is 0 Å². The van der Waals surface area contributed by atoms with Crippen molar-refractivity contribution in [3.05, 3.63) is 0 Å². The predicted molar refractivity (Wildman–Crippen MR) is 97.4 cm³/mol. The fourth-order valence-corrected chi connectivity index (χ4v) is 3.66. The zero-order chi connectivity index (χ0) is 20.1. The zero-order valence-corrected chi connectivity index (χ0v) is 18.4. The fraction of sp³-hybridized carbons (Fsp3) is 0.733. The molecule has 0 spiro atoms. The Morgan fingerprint density at radius 2 is 1.12 bits per heavy atom. The first-order chi connectivity index (χ1) is 12.2. The Balaban J connectivity index is 4.20. The summed E-state index contributed by atoms with van der Waals surface area (Å²) in [5.41, 5.74) is 16.8. The summed E-state index contributed by atoms with van der Waals surface area (Å²) in [5.74, 6) is 0.592. The van der Waals surface area contributed by atoms with Gasteiger partial charge in [0, 0.05) is 0 Å². The molecule has 0 aromatic heterocycles. The average Bonchev–Trinajstić information content (AvgIpc) is 2.61. The molecule has 0 amide bonds. The van der Waals surface area contributed by atoms with E-state index in [1.165, 1.54) is 0 Å². The normalized spacial score (nSPS) is 14.2. The van der Waals surface area contributed by atoms with Crippen LogP contribution < -0.4 is 17.2 Å². The molecular formula is C15H27N3O6Se2. The summed E-state index contributed by atoms with van der Waals surface area (Å²) in [5, 5.41) is 1.61. The van der Waals surface area contributed by atoms with E-state index in [2.05, 4.69) is 9.47 Å². The molecule has 0 fully saturated rings. The van der Waals surface area contributed by atoms with E-state index in [0.717, 1.165) is 10.6 Å². The van der Waals surface area contributed by atoms with Crippen LogP contribution in [0.5, 0.6) is 0 Å². The second-order valence-electron chi connectivity index (χ2n) is 5.45. The predicted octanol–water partition coefficient (Wildman–Crippen LogP) is -0.990. The SMILES string of the molecule is C[Se]CC[C@H](N)C(=O)OC(=O)CC[C@H](N)C(=O)OC(=O)[C@@H](N)CC[Se]C. The first-order valence-electron chi connectivity index (χ1n) is 7.97. The zero-order valence-electron chi connectivity index (χ0n) is 15.0. The number of hydrogen-bond donors (Lipinski definition) is 3. The van der Waals surface area contributed by atoms with Gasteiger partial charge in [0.25, 0.3) is 0 Å². The summed E-state index contributed by atoms with van der Waals surface area (Å²) in [6.45, 7) is 0. The minimum atomic E-state index is -1.19. The molecule has 26 heavy (non-hydrogen) atoms. The summed E-state index contributed by atoms with van der Waals surface area (Å²) in [4.78, 5) is 46.6. The van der Waals surface area contributed by atoms with E-state index in [4.69, 9.17) is 17.2 Å². The topological polar surface area (TPSA) is 165 Å². The first kappa shape index (κ1) is 25.2. The van der Waals surface area contributed by atoms with E-state index in [-0.39, 0.29) is 12.8 Å². The van der Waals surface area contributed by atoms with Crippen LogP contribution in [-0.4, -0.2) is 71.9 Å². The second-order valence-corrected chi connectivity index (χ2v) is 9.59. The molecule has 150 valence electrons. The van der Waals surface area contributed by atoms with Crippen LogP contribution in [0.15, 0.2) is 0 Å². The Morgan fingerprint density at radius 3 is 1.54 bits per heavy atom. The van der Waals surface area contributed by atoms with Crippen molar-refractivity contribution >= 4 is 53.8 Å². The molecule has 0 radical (unpaired) electrons. The molecule has 0 aromatic rings. The van der Waals surface area contributed by atoms with Crippen molar-refractivity contribution in [1.29, 1.82) is 0 Å². The summed E-state index contributed by atoms with van der Waals surface area (Å²) < 4.78 is 9.22. The Bertz CT molecular complexity index is 492. The second kappa shape index (κ2) is 14.3. The molecule has 6 N–H and O–H groups in total. The molecule has 0 saturated heterocycles. The quantitative estimate of drug-likeness (QED) is 0.172. The van der Waals surface area contributed by atoms with Crippen molar-refractivity contribution in [2.24, 2.45) is 17.2 Å². The monoisotopic (exact) mass is 505 g/mol. The number of rotatable bonds is 12. The van der Waals surface area contributed by atoms with Crippen LogP contribution in [0.2, 0.25) is 22.3 Å². The summed E-state index contributed by atoms with van der Waals surface area (Å²) in [7, 11) is 0. The Labute approximate surface area is 165 Å². The van der Waals surface area contributed by atoms with E-state index < -0.39 is 42.0 Å². The van der Waals surface area contributed by atoms with Crippen LogP contribution in [0.4, 0.5) is 0 Å². The third kappa shape index (κ3) is 11.0. The Hall–Kier alpha value is -0.801. The van der Waals surface area contributed by atoms with Crippen LogP contribution >= 0.6 is 0 Å². The van der Waals surface area contributed by atoms with Gasteiger partial charge in [0.2, 0.25) is 0 Å². The molecule has 9 nitrogen and oxygen atoms in total. The number of esters is 4. The molecule has 11 heteroatoms. The van der Waals surface area contributed by atoms with Crippen molar-refractivity contribution in [1.82, 2.24) is 0 Å². The molecule has 0 unspecified atom stereocenters. The summed E-state index contributed by atoms with van der Waals surface area (Å²) >= 11 is 0.752. The first-order valence-corrected chi connectivity index (χ1v) is 13.8. The maximum absolute atomic E-state index is 11.7. The van der Waals surface area contributed by atoms with Crippen LogP contribution in [-0.2, 0) is 28.7 Å². The van der Waals surface area contributed by atoms with Crippen molar-refractivity contribution in [2.45, 2.75) is 66.1 Å². The number of carbonyl (C=O) groups excluding carboxylic acids is 4. The Morgan fingerprint density at radius 1 is 0.731 bits per heavy atom. The standard InChI is InChI=1S/C15H27N3O6Se2/c1-25-7-5-10(17)13(20)23-12(19)4-3-9(16)14(21)24-15(22)11(18)6-8-26-2/h9-11H,3-8,16-18H2,1-2H3/t9-,10-,11-/m0/s1. The van der Waals surface area contributed by atoms with Gasteiger partial charge in [0.05, 0.1) is 0 Å². The van der Waals surface area contributed by atoms with Crippen molar-refractivity contribution < 1.29 is 28.7 Å². The van der Waals surface area contributed by atoms with Crippen LogP contribution in [0, 0.1) is 0 Å². The van der Waals surface area contributed by atoms with Gasteiger partial charge in [0.15, 0.2) is 0 Å². The van der Waals surface area contributed by atoms with Crippen LogP contribution in [0.3, 0.4) is 0 Å². The number of ether oxygens (including phenoxy) is 2. The molecular weight excluding hydrogens is 476 g/mol. The number of carbonyl (C=O) groups is 4. The molecule has 0 aromatic carbocycles. The molecule has 0 aliphatic rings. The van der Waals surface area contributed by atoms with Gasteiger partial charge in [-0.15, -0.1) is 0 Å². The minimum absolute atomic E-state index is 0.126. The third-order valence-electron chi connectivity index (χ3n) is 3.25. The van der Waals surface area contributed by atoms with E-state index in [9.17, 15) is 19.2 Å². The van der Waals surface area contributed by atoms with Gasteiger partial charge >= 0.3 is 166 Å². The van der Waals surface area contributed by atoms with Crippen molar-refractivity contribution in [3.8, 4) is 0 Å². The van der Waals surface area contributed by atoms with Gasteiger partial charge < -0.3 is 0 Å². The maximum atomic E-state index is 11.7. The van der Waals surface area contributed by atoms with Gasteiger partial charge in [-0.1, -0.05) is 0 Å². The van der Waals surface area contributed by atoms with Gasteiger partial charge in [-0.3, -0.25) is 0 Å². The molecule has 3 atom stereocenters. The van der Waals surface area contributed by atoms with Crippen LogP contribution in [0.25, 0.3) is 0 Å². The van der Waals surface area contributed by atoms with E-state index in [0.29, 0.717) is 42.8 Å². The van der Waals surface area contributed by atoms with Crippen LogP contribution in [0.1, 0.15) is 25.7 Å². The molecule has 0 bridgehead atoms. The number of nitrogens with two attached hydrogens (primary N) is 3. The average molecular weight is 503 g/mol. The van der Waals surface area contributed by atoms with E-state index >= 15 is 0 Å². The fourth-order valence-electron chi connectivity index (χ4n) is 1.61. The summed E-state index contributed by atoms with van der Waals surface area (Å²) in [6.07, 6.45) is 0.492. The summed E-state index contributed by atoms with van der Waals surface area (Å²) in [6, 6.07) is -2.91. The van der Waals surface area contributed by atoms with Gasteiger partial charge in [0.1, 0.15) is 0 Å². The Kier molecular flexibility index (Phi) is 13.8. The molecule has 0 aliphatic heterocycles. The molecule has 0 saturated carbocycles. The molecule has 0 rings (SSSR count). The van der Waals surface area contributed by atoms with Crippen molar-refractivity contribution in [3.63, 3.8) is 0 Å². The van der Waals surface area contributed by atoms with E-state index in [1.54, 1.807) is 0 Å². The molecule has 0 aliphatic carbocycles. The number of hydrogen-bond acceptors (Lipinski definition) is 9.